The Morgan fingerprint density at radius 3 is 2.63 bits per heavy atom. The summed E-state index contributed by atoms with van der Waals surface area (Å²) in [5.41, 5.74) is 2.49. The van der Waals surface area contributed by atoms with Crippen molar-refractivity contribution in [2.45, 2.75) is 19.8 Å². The van der Waals surface area contributed by atoms with E-state index in [4.69, 9.17) is 0 Å². The summed E-state index contributed by atoms with van der Waals surface area (Å²) in [7, 11) is 0. The minimum atomic E-state index is -0.329. The first-order valence-electron chi connectivity index (χ1n) is 8.49. The van der Waals surface area contributed by atoms with Crippen molar-refractivity contribution in [2.75, 3.05) is 5.32 Å². The second-order valence-electron chi connectivity index (χ2n) is 6.39. The van der Waals surface area contributed by atoms with Gasteiger partial charge in [0.1, 0.15) is 5.82 Å². The number of carbonyl (C=O) groups excluding carboxylic acids is 1. The summed E-state index contributed by atoms with van der Waals surface area (Å²) >= 11 is 0. The largest absolute Gasteiger partial charge is 0.290 e. The maximum atomic E-state index is 13.2. The van der Waals surface area contributed by atoms with Crippen molar-refractivity contribution in [3.05, 3.63) is 71.9 Å². The molecule has 0 saturated carbocycles. The molecule has 0 unspecified atom stereocenters. The Hall–Kier alpha value is -3.55. The van der Waals surface area contributed by atoms with Crippen LogP contribution in [0.2, 0.25) is 0 Å². The first-order chi connectivity index (χ1) is 13.0. The van der Waals surface area contributed by atoms with Crippen LogP contribution in [0.4, 0.5) is 10.3 Å². The number of pyridine rings is 1. The molecule has 0 atom stereocenters. The monoisotopic (exact) mass is 364 g/mol. The zero-order chi connectivity index (χ0) is 19.0. The number of fused-ring (bicyclic) bond motifs is 1. The zero-order valence-corrected chi connectivity index (χ0v) is 14.8. The van der Waals surface area contributed by atoms with Gasteiger partial charge in [-0.1, -0.05) is 19.9 Å². The number of hydrogen-bond acceptors (Lipinski definition) is 4. The van der Waals surface area contributed by atoms with E-state index in [1.165, 1.54) is 18.3 Å². The lowest BCUT2D eigenvalue weighted by atomic mass is 10.1. The SMILES string of the molecule is CC(C)c1c(C(=O)Nc2nnc3ccccn23)cnn1-c1ccc(F)cc1. The maximum Gasteiger partial charge on any atom is 0.261 e. The molecule has 0 aliphatic rings. The van der Waals surface area contributed by atoms with Gasteiger partial charge in [-0.05, 0) is 42.3 Å². The van der Waals surface area contributed by atoms with Crippen LogP contribution in [0.25, 0.3) is 11.3 Å². The van der Waals surface area contributed by atoms with Crippen molar-refractivity contribution in [3.8, 4) is 5.69 Å². The van der Waals surface area contributed by atoms with E-state index in [9.17, 15) is 9.18 Å². The van der Waals surface area contributed by atoms with E-state index in [0.717, 1.165) is 5.69 Å². The van der Waals surface area contributed by atoms with Crippen LogP contribution in [0.5, 0.6) is 0 Å². The highest BCUT2D eigenvalue weighted by Crippen LogP contribution is 2.24. The third kappa shape index (κ3) is 3.05. The van der Waals surface area contributed by atoms with Crippen LogP contribution in [0.3, 0.4) is 0 Å². The molecule has 3 aromatic heterocycles. The summed E-state index contributed by atoms with van der Waals surface area (Å²) < 4.78 is 16.6. The number of nitrogens with one attached hydrogen (secondary N) is 1. The number of benzene rings is 1. The molecule has 136 valence electrons. The van der Waals surface area contributed by atoms with Gasteiger partial charge in [0.25, 0.3) is 5.91 Å². The lowest BCUT2D eigenvalue weighted by Crippen LogP contribution is -2.17. The number of hydrogen-bond donors (Lipinski definition) is 1. The molecule has 1 N–H and O–H groups in total. The number of amides is 1. The smallest absolute Gasteiger partial charge is 0.261 e. The van der Waals surface area contributed by atoms with Crippen LogP contribution in [0, 0.1) is 5.82 Å². The van der Waals surface area contributed by atoms with Gasteiger partial charge in [-0.3, -0.25) is 14.5 Å². The lowest BCUT2D eigenvalue weighted by Gasteiger charge is -2.12. The molecule has 1 aromatic carbocycles. The second kappa shape index (κ2) is 6.64. The van der Waals surface area contributed by atoms with Crippen molar-refractivity contribution >= 4 is 17.5 Å². The second-order valence-corrected chi connectivity index (χ2v) is 6.39. The molecule has 1 amide bonds. The summed E-state index contributed by atoms with van der Waals surface area (Å²) in [5, 5.41) is 15.2. The Balaban J connectivity index is 1.71. The van der Waals surface area contributed by atoms with Crippen LogP contribution < -0.4 is 5.32 Å². The molecule has 3 heterocycles. The summed E-state index contributed by atoms with van der Waals surface area (Å²) in [6, 6.07) is 11.5. The van der Waals surface area contributed by atoms with Gasteiger partial charge in [0.05, 0.1) is 23.1 Å². The van der Waals surface area contributed by atoms with Gasteiger partial charge in [0.15, 0.2) is 5.65 Å². The number of carbonyl (C=O) groups is 1. The molecular formula is C19H17FN6O. The zero-order valence-electron chi connectivity index (χ0n) is 14.8. The predicted molar refractivity (Wildman–Crippen MR) is 98.6 cm³/mol. The fourth-order valence-electron chi connectivity index (χ4n) is 2.97. The maximum absolute atomic E-state index is 13.2. The normalized spacial score (nSPS) is 11.3. The first kappa shape index (κ1) is 16.9. The van der Waals surface area contributed by atoms with Crippen LogP contribution >= 0.6 is 0 Å². The number of rotatable bonds is 4. The topological polar surface area (TPSA) is 77.1 Å². The summed E-state index contributed by atoms with van der Waals surface area (Å²) in [5.74, 6) is -0.299. The lowest BCUT2D eigenvalue weighted by molar-refractivity contribution is 0.102. The standard InChI is InChI=1S/C19H17FN6O/c1-12(2)17-15(11-21-26(17)14-8-6-13(20)7-9-14)18(27)22-19-24-23-16-5-3-4-10-25(16)19/h3-12H,1-2H3,(H,22,24,27). The predicted octanol–water partition coefficient (Wildman–Crippen LogP) is 3.43. The number of halogens is 1. The number of nitrogens with zero attached hydrogens (tertiary/aromatic N) is 5. The van der Waals surface area contributed by atoms with E-state index in [0.29, 0.717) is 22.8 Å². The Morgan fingerprint density at radius 1 is 1.11 bits per heavy atom. The number of aromatic nitrogens is 5. The van der Waals surface area contributed by atoms with Crippen molar-refractivity contribution in [2.24, 2.45) is 0 Å². The molecule has 8 heteroatoms. The van der Waals surface area contributed by atoms with Crippen molar-refractivity contribution in [3.63, 3.8) is 0 Å². The van der Waals surface area contributed by atoms with Gasteiger partial charge in [-0.15, -0.1) is 10.2 Å². The average Bonchev–Trinajstić information content (AvgIpc) is 3.27. The van der Waals surface area contributed by atoms with Crippen molar-refractivity contribution in [1.29, 1.82) is 0 Å². The molecular weight excluding hydrogens is 347 g/mol. The summed E-state index contributed by atoms with van der Waals surface area (Å²) in [6.07, 6.45) is 3.29. The van der Waals surface area contributed by atoms with Gasteiger partial charge in [-0.2, -0.15) is 5.10 Å². The van der Waals surface area contributed by atoms with Crippen LogP contribution in [-0.4, -0.2) is 30.3 Å². The Bertz CT molecular complexity index is 1110. The molecule has 0 spiro atoms. The molecule has 7 nitrogen and oxygen atoms in total. The van der Waals surface area contributed by atoms with Crippen LogP contribution in [0.1, 0.15) is 35.8 Å². The molecule has 0 aliphatic carbocycles. The van der Waals surface area contributed by atoms with Crippen molar-refractivity contribution < 1.29 is 9.18 Å². The molecule has 0 aliphatic heterocycles. The average molecular weight is 364 g/mol. The quantitative estimate of drug-likeness (QED) is 0.602. The number of anilines is 1. The van der Waals surface area contributed by atoms with Crippen molar-refractivity contribution in [1.82, 2.24) is 24.4 Å². The van der Waals surface area contributed by atoms with Gasteiger partial charge >= 0.3 is 0 Å². The fourth-order valence-corrected chi connectivity index (χ4v) is 2.97. The molecule has 0 bridgehead atoms. The molecule has 4 aromatic rings. The Kier molecular flexibility index (Phi) is 4.15. The van der Waals surface area contributed by atoms with E-state index in [-0.39, 0.29) is 17.6 Å². The van der Waals surface area contributed by atoms with E-state index in [1.54, 1.807) is 33.5 Å². The van der Waals surface area contributed by atoms with E-state index >= 15 is 0 Å². The summed E-state index contributed by atoms with van der Waals surface area (Å²) in [6.45, 7) is 3.95. The molecule has 0 fully saturated rings. The Morgan fingerprint density at radius 2 is 1.89 bits per heavy atom. The van der Waals surface area contributed by atoms with Gasteiger partial charge in [-0.25, -0.2) is 9.07 Å². The van der Waals surface area contributed by atoms with E-state index in [1.807, 2.05) is 26.0 Å². The van der Waals surface area contributed by atoms with Crippen LogP contribution in [0.15, 0.2) is 54.9 Å². The third-order valence-corrected chi connectivity index (χ3v) is 4.21. The molecule has 0 radical (unpaired) electrons. The highest BCUT2D eigenvalue weighted by atomic mass is 19.1. The minimum Gasteiger partial charge on any atom is -0.290 e. The van der Waals surface area contributed by atoms with Gasteiger partial charge < -0.3 is 0 Å². The van der Waals surface area contributed by atoms with Gasteiger partial charge in [0.2, 0.25) is 5.95 Å². The molecule has 4 rings (SSSR count). The highest BCUT2D eigenvalue weighted by Gasteiger charge is 2.22. The molecule has 27 heavy (non-hydrogen) atoms. The highest BCUT2D eigenvalue weighted by molar-refractivity contribution is 6.04. The van der Waals surface area contributed by atoms with E-state index < -0.39 is 0 Å². The third-order valence-electron chi connectivity index (χ3n) is 4.21. The summed E-state index contributed by atoms with van der Waals surface area (Å²) in [4.78, 5) is 12.9. The fraction of sp³-hybridized carbons (Fsp3) is 0.158. The van der Waals surface area contributed by atoms with Gasteiger partial charge in [0, 0.05) is 6.20 Å². The first-order valence-corrected chi connectivity index (χ1v) is 8.49. The molecule has 0 saturated heterocycles. The van der Waals surface area contributed by atoms with E-state index in [2.05, 4.69) is 20.6 Å². The minimum absolute atomic E-state index is 0.0217. The Labute approximate surface area is 154 Å². The van der Waals surface area contributed by atoms with Crippen LogP contribution in [-0.2, 0) is 0 Å².